The molecule has 0 saturated heterocycles. The topological polar surface area (TPSA) is 153 Å². The third-order valence-electron chi connectivity index (χ3n) is 3.69. The molecule has 0 atom stereocenters. The molecule has 0 aliphatic heterocycles. The zero-order valence-corrected chi connectivity index (χ0v) is 17.3. The van der Waals surface area contributed by atoms with Gasteiger partial charge in [0, 0.05) is 31.0 Å². The van der Waals surface area contributed by atoms with Gasteiger partial charge in [0.05, 0.1) is 18.1 Å². The highest BCUT2D eigenvalue weighted by Crippen LogP contribution is 2.18. The number of rotatable bonds is 6. The molecule has 15 heteroatoms. The fraction of sp³-hybridized carbons (Fsp3) is 0.353. The van der Waals surface area contributed by atoms with Gasteiger partial charge in [-0.25, -0.2) is 14.8 Å². The van der Waals surface area contributed by atoms with Gasteiger partial charge >= 0.3 is 12.1 Å². The quantitative estimate of drug-likeness (QED) is 0.503. The zero-order valence-electron chi connectivity index (χ0n) is 17.3. The average Bonchev–Trinajstić information content (AvgIpc) is 3.36. The number of carbonyl (C=O) groups is 2. The highest BCUT2D eigenvalue weighted by molar-refractivity contribution is 5.89. The molecule has 0 aromatic carbocycles. The molecule has 172 valence electrons. The summed E-state index contributed by atoms with van der Waals surface area (Å²) in [5.74, 6) is -2.02. The molecule has 0 fully saturated rings. The number of alkyl halides is 3. The van der Waals surface area contributed by atoms with Crippen molar-refractivity contribution in [3.8, 4) is 11.3 Å². The normalized spacial score (nSPS) is 10.8. The minimum Gasteiger partial charge on any atom is -0.475 e. The van der Waals surface area contributed by atoms with Crippen LogP contribution in [0.4, 0.5) is 24.9 Å². The first-order valence-corrected chi connectivity index (χ1v) is 9.08. The molecule has 3 rings (SSSR count). The van der Waals surface area contributed by atoms with Crippen LogP contribution < -0.4 is 10.6 Å². The van der Waals surface area contributed by atoms with E-state index in [-0.39, 0.29) is 12.5 Å². The van der Waals surface area contributed by atoms with Crippen LogP contribution >= 0.6 is 0 Å². The Morgan fingerprint density at radius 2 is 1.88 bits per heavy atom. The molecule has 3 N–H and O–H groups in total. The molecule has 0 radical (unpaired) electrons. The molecule has 0 unspecified atom stereocenters. The van der Waals surface area contributed by atoms with Crippen molar-refractivity contribution in [1.29, 1.82) is 0 Å². The van der Waals surface area contributed by atoms with Gasteiger partial charge in [0.25, 0.3) is 0 Å². The number of aliphatic carboxylic acids is 1. The Bertz CT molecular complexity index is 1080. The van der Waals surface area contributed by atoms with Crippen LogP contribution in [-0.4, -0.2) is 64.9 Å². The van der Waals surface area contributed by atoms with E-state index in [1.54, 1.807) is 35.0 Å². The summed E-state index contributed by atoms with van der Waals surface area (Å²) < 4.78 is 34.9. The maximum Gasteiger partial charge on any atom is 0.490 e. The highest BCUT2D eigenvalue weighted by atomic mass is 19.4. The molecule has 0 aliphatic carbocycles. The third-order valence-corrected chi connectivity index (χ3v) is 3.69. The predicted molar refractivity (Wildman–Crippen MR) is 106 cm³/mol. The molecular formula is C17H20F3N9O3. The van der Waals surface area contributed by atoms with Gasteiger partial charge in [-0.05, 0) is 19.9 Å². The van der Waals surface area contributed by atoms with Crippen LogP contribution in [0, 0.1) is 6.92 Å². The van der Waals surface area contributed by atoms with Crippen molar-refractivity contribution in [2.45, 2.75) is 33.1 Å². The van der Waals surface area contributed by atoms with E-state index in [4.69, 9.17) is 9.90 Å². The summed E-state index contributed by atoms with van der Waals surface area (Å²) in [6.45, 7) is 4.60. The molecule has 3 aromatic heterocycles. The summed E-state index contributed by atoms with van der Waals surface area (Å²) in [7, 11) is 1.76. The first-order valence-electron chi connectivity index (χ1n) is 9.08. The molecule has 12 nitrogen and oxygen atoms in total. The van der Waals surface area contributed by atoms with Crippen LogP contribution in [0.3, 0.4) is 0 Å². The van der Waals surface area contributed by atoms with Crippen LogP contribution in [-0.2, 0) is 22.7 Å². The molecule has 1 amide bonds. The molecule has 3 aromatic rings. The van der Waals surface area contributed by atoms with Crippen molar-refractivity contribution in [1.82, 2.24) is 34.7 Å². The Morgan fingerprint density at radius 1 is 1.19 bits per heavy atom. The SMILES string of the molecule is CCn1cc(NC(=O)Cn2cc(-c3cc(C)nc(NC)n3)cn2)nn1.O=C(O)C(F)(F)F. The number of aromatic nitrogens is 7. The number of carboxylic acids is 1. The Balaban J connectivity index is 0.000000451. The highest BCUT2D eigenvalue weighted by Gasteiger charge is 2.38. The van der Waals surface area contributed by atoms with E-state index >= 15 is 0 Å². The Labute approximate surface area is 179 Å². The molecule has 0 aliphatic rings. The lowest BCUT2D eigenvalue weighted by Gasteiger charge is -2.03. The van der Waals surface area contributed by atoms with E-state index in [9.17, 15) is 18.0 Å². The molecule has 3 heterocycles. The number of aryl methyl sites for hydroxylation is 2. The zero-order chi connectivity index (χ0) is 23.9. The fourth-order valence-corrected chi connectivity index (χ4v) is 2.25. The van der Waals surface area contributed by atoms with Crippen LogP contribution in [0.25, 0.3) is 11.3 Å². The van der Waals surface area contributed by atoms with Crippen molar-refractivity contribution >= 4 is 23.6 Å². The molecule has 0 bridgehead atoms. The summed E-state index contributed by atoms with van der Waals surface area (Å²) >= 11 is 0. The van der Waals surface area contributed by atoms with Crippen molar-refractivity contribution in [3.63, 3.8) is 0 Å². The smallest absolute Gasteiger partial charge is 0.475 e. The lowest BCUT2D eigenvalue weighted by molar-refractivity contribution is -0.192. The number of anilines is 2. The largest absolute Gasteiger partial charge is 0.490 e. The number of amides is 1. The van der Waals surface area contributed by atoms with Gasteiger partial charge in [0.2, 0.25) is 11.9 Å². The average molecular weight is 455 g/mol. The minimum absolute atomic E-state index is 0.0714. The van der Waals surface area contributed by atoms with E-state index < -0.39 is 12.1 Å². The van der Waals surface area contributed by atoms with Gasteiger partial charge in [-0.1, -0.05) is 5.21 Å². The van der Waals surface area contributed by atoms with Gasteiger partial charge in [-0.2, -0.15) is 18.3 Å². The van der Waals surface area contributed by atoms with E-state index in [0.717, 1.165) is 17.0 Å². The van der Waals surface area contributed by atoms with Gasteiger partial charge in [-0.3, -0.25) is 14.2 Å². The number of carboxylic acid groups (broad SMARTS) is 1. The lowest BCUT2D eigenvalue weighted by Crippen LogP contribution is -2.21. The maximum absolute atomic E-state index is 12.1. The molecular weight excluding hydrogens is 435 g/mol. The van der Waals surface area contributed by atoms with Crippen molar-refractivity contribution in [2.75, 3.05) is 17.7 Å². The van der Waals surface area contributed by atoms with Crippen LogP contribution in [0.2, 0.25) is 0 Å². The van der Waals surface area contributed by atoms with Crippen molar-refractivity contribution in [2.24, 2.45) is 0 Å². The van der Waals surface area contributed by atoms with E-state index in [0.29, 0.717) is 18.3 Å². The Hall–Kier alpha value is -4.04. The summed E-state index contributed by atoms with van der Waals surface area (Å²) in [4.78, 5) is 29.6. The van der Waals surface area contributed by atoms with Gasteiger partial charge in [0.1, 0.15) is 6.54 Å². The number of nitrogens with zero attached hydrogens (tertiary/aromatic N) is 7. The van der Waals surface area contributed by atoms with E-state index in [2.05, 4.69) is 36.0 Å². The first-order chi connectivity index (χ1) is 15.0. The van der Waals surface area contributed by atoms with Crippen LogP contribution in [0.1, 0.15) is 12.6 Å². The predicted octanol–water partition coefficient (Wildman–Crippen LogP) is 1.57. The van der Waals surface area contributed by atoms with Crippen molar-refractivity contribution < 1.29 is 27.9 Å². The standard InChI is InChI=1S/C15H19N9O.C2HF3O2/c1-4-23-8-13(21-22-23)20-14(25)9-24-7-11(6-17-24)12-5-10(2)18-15(16-3)19-12;3-2(4,5)1(6)7/h5-8H,4,9H2,1-3H3,(H,20,25)(H,16,18,19);(H,6,7). The van der Waals surface area contributed by atoms with E-state index in [1.165, 1.54) is 0 Å². The van der Waals surface area contributed by atoms with Crippen LogP contribution in [0.15, 0.2) is 24.7 Å². The number of nitrogens with one attached hydrogen (secondary N) is 2. The Kier molecular flexibility index (Phi) is 7.81. The molecule has 0 saturated carbocycles. The summed E-state index contributed by atoms with van der Waals surface area (Å²) in [5.41, 5.74) is 2.40. The number of hydrogen-bond acceptors (Lipinski definition) is 8. The number of halogens is 3. The monoisotopic (exact) mass is 455 g/mol. The summed E-state index contributed by atoms with van der Waals surface area (Å²) in [6.07, 6.45) is 0.0287. The van der Waals surface area contributed by atoms with Gasteiger partial charge < -0.3 is 15.7 Å². The summed E-state index contributed by atoms with van der Waals surface area (Å²) in [6, 6.07) is 1.87. The van der Waals surface area contributed by atoms with Crippen LogP contribution in [0.5, 0.6) is 0 Å². The molecule has 32 heavy (non-hydrogen) atoms. The maximum atomic E-state index is 12.1. The third kappa shape index (κ3) is 7.03. The first kappa shape index (κ1) is 24.2. The van der Waals surface area contributed by atoms with Gasteiger partial charge in [-0.15, -0.1) is 5.10 Å². The number of hydrogen-bond donors (Lipinski definition) is 3. The van der Waals surface area contributed by atoms with Gasteiger partial charge in [0.15, 0.2) is 5.82 Å². The second kappa shape index (κ2) is 10.3. The molecule has 0 spiro atoms. The lowest BCUT2D eigenvalue weighted by atomic mass is 10.2. The second-order valence-corrected chi connectivity index (χ2v) is 6.21. The number of carbonyl (C=O) groups excluding carboxylic acids is 1. The van der Waals surface area contributed by atoms with Crippen molar-refractivity contribution in [3.05, 3.63) is 30.4 Å². The fourth-order valence-electron chi connectivity index (χ4n) is 2.25. The Morgan fingerprint density at radius 3 is 2.44 bits per heavy atom. The van der Waals surface area contributed by atoms with E-state index in [1.807, 2.05) is 19.9 Å². The second-order valence-electron chi connectivity index (χ2n) is 6.21. The minimum atomic E-state index is -5.08. The summed E-state index contributed by atoms with van der Waals surface area (Å²) in [5, 5.41) is 24.7.